The van der Waals surface area contributed by atoms with Gasteiger partial charge in [0.25, 0.3) is 0 Å². The van der Waals surface area contributed by atoms with Crippen LogP contribution in [0.15, 0.2) is 65.7 Å². The molecular formula is C19H20N4OS. The zero-order chi connectivity index (χ0) is 17.5. The minimum atomic E-state index is 0.633. The molecule has 0 bridgehead atoms. The van der Waals surface area contributed by atoms with Crippen LogP contribution < -0.4 is 10.1 Å². The van der Waals surface area contributed by atoms with Crippen LogP contribution in [0.2, 0.25) is 0 Å². The van der Waals surface area contributed by atoms with Gasteiger partial charge in [0.15, 0.2) is 11.0 Å². The summed E-state index contributed by atoms with van der Waals surface area (Å²) < 4.78 is 5.40. The SMILES string of the molecule is COc1ccccc1-c1cc(NC(=NCc2ccccc2)SC)n[nH]1. The second kappa shape index (κ2) is 8.39. The minimum absolute atomic E-state index is 0.633. The molecule has 0 aliphatic carbocycles. The number of rotatable bonds is 5. The van der Waals surface area contributed by atoms with E-state index in [0.29, 0.717) is 6.54 Å². The predicted molar refractivity (Wildman–Crippen MR) is 105 cm³/mol. The van der Waals surface area contributed by atoms with Gasteiger partial charge in [-0.1, -0.05) is 54.2 Å². The van der Waals surface area contributed by atoms with Gasteiger partial charge in [0.05, 0.1) is 19.3 Å². The van der Waals surface area contributed by atoms with Crippen molar-refractivity contribution < 1.29 is 4.74 Å². The number of aromatic nitrogens is 2. The van der Waals surface area contributed by atoms with Gasteiger partial charge in [0.1, 0.15) is 5.75 Å². The maximum absolute atomic E-state index is 5.40. The summed E-state index contributed by atoms with van der Waals surface area (Å²) in [4.78, 5) is 4.61. The highest BCUT2D eigenvalue weighted by molar-refractivity contribution is 8.13. The molecule has 128 valence electrons. The van der Waals surface area contributed by atoms with Gasteiger partial charge >= 0.3 is 0 Å². The molecule has 25 heavy (non-hydrogen) atoms. The van der Waals surface area contributed by atoms with Crippen LogP contribution in [-0.4, -0.2) is 28.7 Å². The number of nitrogens with one attached hydrogen (secondary N) is 2. The molecule has 3 rings (SSSR count). The van der Waals surface area contributed by atoms with Crippen molar-refractivity contribution in [1.29, 1.82) is 0 Å². The molecule has 5 nitrogen and oxygen atoms in total. The van der Waals surface area contributed by atoms with Crippen molar-refractivity contribution in [2.45, 2.75) is 6.54 Å². The van der Waals surface area contributed by atoms with Gasteiger partial charge in [-0.05, 0) is 24.0 Å². The van der Waals surface area contributed by atoms with E-state index >= 15 is 0 Å². The van der Waals surface area contributed by atoms with Crippen molar-refractivity contribution in [3.63, 3.8) is 0 Å². The zero-order valence-corrected chi connectivity index (χ0v) is 15.0. The Morgan fingerprint density at radius 1 is 1.16 bits per heavy atom. The quantitative estimate of drug-likeness (QED) is 0.527. The standard InChI is InChI=1S/C19H20N4OS/c1-24-17-11-7-6-10-15(17)16-12-18(23-22-16)21-19(25-2)20-13-14-8-4-3-5-9-14/h3-12H,13H2,1-2H3,(H2,20,21,22,23). The molecule has 0 atom stereocenters. The fraction of sp³-hybridized carbons (Fsp3) is 0.158. The third kappa shape index (κ3) is 4.42. The second-order valence-electron chi connectivity index (χ2n) is 5.30. The van der Waals surface area contributed by atoms with Gasteiger partial charge in [-0.25, -0.2) is 0 Å². The molecule has 2 aromatic carbocycles. The number of nitrogens with zero attached hydrogens (tertiary/aromatic N) is 2. The molecule has 0 spiro atoms. The molecule has 0 aliphatic rings. The van der Waals surface area contributed by atoms with Gasteiger partial charge < -0.3 is 10.1 Å². The summed E-state index contributed by atoms with van der Waals surface area (Å²) in [6.07, 6.45) is 1.99. The summed E-state index contributed by atoms with van der Waals surface area (Å²) in [7, 11) is 1.66. The summed E-state index contributed by atoms with van der Waals surface area (Å²) in [5.74, 6) is 1.53. The van der Waals surface area contributed by atoms with Crippen LogP contribution in [0.3, 0.4) is 0 Å². The first-order chi connectivity index (χ1) is 12.3. The van der Waals surface area contributed by atoms with E-state index in [-0.39, 0.29) is 0 Å². The number of methoxy groups -OCH3 is 1. The van der Waals surface area contributed by atoms with Crippen LogP contribution >= 0.6 is 11.8 Å². The first-order valence-corrected chi connectivity index (χ1v) is 9.11. The van der Waals surface area contributed by atoms with E-state index < -0.39 is 0 Å². The molecule has 0 aliphatic heterocycles. The highest BCUT2D eigenvalue weighted by atomic mass is 32.2. The number of amidine groups is 1. The van der Waals surface area contributed by atoms with E-state index in [1.165, 1.54) is 5.56 Å². The molecule has 6 heteroatoms. The van der Waals surface area contributed by atoms with E-state index in [4.69, 9.17) is 4.74 Å². The second-order valence-corrected chi connectivity index (χ2v) is 6.10. The Balaban J connectivity index is 1.73. The maximum atomic E-state index is 5.40. The fourth-order valence-electron chi connectivity index (χ4n) is 2.40. The van der Waals surface area contributed by atoms with E-state index in [1.54, 1.807) is 18.9 Å². The van der Waals surface area contributed by atoms with Gasteiger partial charge in [0.2, 0.25) is 0 Å². The van der Waals surface area contributed by atoms with E-state index in [2.05, 4.69) is 32.6 Å². The molecule has 0 unspecified atom stereocenters. The Kier molecular flexibility index (Phi) is 5.74. The number of hydrogen-bond acceptors (Lipinski definition) is 4. The Morgan fingerprint density at radius 3 is 2.68 bits per heavy atom. The Morgan fingerprint density at radius 2 is 1.92 bits per heavy atom. The van der Waals surface area contributed by atoms with Crippen molar-refractivity contribution in [2.75, 3.05) is 18.7 Å². The Hall–Kier alpha value is -2.73. The Labute approximate surface area is 151 Å². The summed E-state index contributed by atoms with van der Waals surface area (Å²) >= 11 is 1.56. The highest BCUT2D eigenvalue weighted by Crippen LogP contribution is 2.29. The van der Waals surface area contributed by atoms with E-state index in [1.807, 2.05) is 54.8 Å². The number of para-hydroxylation sites is 1. The topological polar surface area (TPSA) is 62.3 Å². The van der Waals surface area contributed by atoms with Crippen molar-refractivity contribution in [1.82, 2.24) is 10.2 Å². The zero-order valence-electron chi connectivity index (χ0n) is 14.2. The molecule has 0 fully saturated rings. The lowest BCUT2D eigenvalue weighted by molar-refractivity contribution is 0.416. The van der Waals surface area contributed by atoms with Crippen molar-refractivity contribution in [3.8, 4) is 17.0 Å². The number of thioether (sulfide) groups is 1. The average Bonchev–Trinajstić information content (AvgIpc) is 3.14. The van der Waals surface area contributed by atoms with Crippen LogP contribution in [0, 0.1) is 0 Å². The number of ether oxygens (including phenoxy) is 1. The predicted octanol–water partition coefficient (Wildman–Crippen LogP) is 4.42. The van der Waals surface area contributed by atoms with Gasteiger partial charge in [-0.15, -0.1) is 0 Å². The number of benzene rings is 2. The molecule has 0 radical (unpaired) electrons. The lowest BCUT2D eigenvalue weighted by Crippen LogP contribution is -2.08. The minimum Gasteiger partial charge on any atom is -0.496 e. The third-order valence-electron chi connectivity index (χ3n) is 3.65. The normalized spacial score (nSPS) is 11.4. The largest absolute Gasteiger partial charge is 0.496 e. The van der Waals surface area contributed by atoms with Crippen LogP contribution in [0.25, 0.3) is 11.3 Å². The van der Waals surface area contributed by atoms with Crippen LogP contribution in [0.4, 0.5) is 5.82 Å². The smallest absolute Gasteiger partial charge is 0.162 e. The number of hydrogen-bond donors (Lipinski definition) is 2. The van der Waals surface area contributed by atoms with E-state index in [9.17, 15) is 0 Å². The molecule has 1 heterocycles. The molecule has 1 aromatic heterocycles. The van der Waals surface area contributed by atoms with Crippen molar-refractivity contribution >= 4 is 22.7 Å². The number of H-pyrrole nitrogens is 1. The van der Waals surface area contributed by atoms with Crippen molar-refractivity contribution in [3.05, 3.63) is 66.2 Å². The highest BCUT2D eigenvalue weighted by Gasteiger charge is 2.09. The molecule has 0 amide bonds. The monoisotopic (exact) mass is 352 g/mol. The molecule has 0 saturated carbocycles. The summed E-state index contributed by atoms with van der Waals surface area (Å²) in [5, 5.41) is 11.4. The average molecular weight is 352 g/mol. The lowest BCUT2D eigenvalue weighted by Gasteiger charge is -2.05. The molecule has 2 N–H and O–H groups in total. The van der Waals surface area contributed by atoms with Crippen LogP contribution in [0.5, 0.6) is 5.75 Å². The Bertz CT molecular complexity index is 845. The van der Waals surface area contributed by atoms with Crippen LogP contribution in [-0.2, 0) is 6.54 Å². The van der Waals surface area contributed by atoms with Crippen LogP contribution in [0.1, 0.15) is 5.56 Å². The van der Waals surface area contributed by atoms with Crippen molar-refractivity contribution in [2.24, 2.45) is 4.99 Å². The first kappa shape index (κ1) is 17.1. The fourth-order valence-corrected chi connectivity index (χ4v) is 2.80. The van der Waals surface area contributed by atoms with Gasteiger partial charge in [-0.2, -0.15) is 5.10 Å². The number of anilines is 1. The first-order valence-electron chi connectivity index (χ1n) is 7.88. The third-order valence-corrected chi connectivity index (χ3v) is 4.27. The van der Waals surface area contributed by atoms with E-state index in [0.717, 1.165) is 28.0 Å². The van der Waals surface area contributed by atoms with Gasteiger partial charge in [-0.3, -0.25) is 10.1 Å². The maximum Gasteiger partial charge on any atom is 0.162 e. The molecular weight excluding hydrogens is 332 g/mol. The summed E-state index contributed by atoms with van der Waals surface area (Å²) in [5.41, 5.74) is 3.04. The summed E-state index contributed by atoms with van der Waals surface area (Å²) in [6, 6.07) is 20.0. The molecule has 3 aromatic rings. The molecule has 0 saturated heterocycles. The number of aromatic amines is 1. The summed E-state index contributed by atoms with van der Waals surface area (Å²) in [6.45, 7) is 0.633. The van der Waals surface area contributed by atoms with Gasteiger partial charge in [0, 0.05) is 11.6 Å². The lowest BCUT2D eigenvalue weighted by atomic mass is 10.1. The number of aliphatic imine (C=N–C) groups is 1.